The number of hydrogen-bond donors (Lipinski definition) is 0. The smallest absolute Gasteiger partial charge is 0.105 e. The molecular weight excluding hydrogens is 162 g/mol. The molecule has 0 aromatic rings. The van der Waals surface area contributed by atoms with E-state index in [9.17, 15) is 0 Å². The minimum atomic E-state index is 0.398. The average molecular weight is 181 g/mol. The highest BCUT2D eigenvalue weighted by atomic mass is 16.5. The van der Waals surface area contributed by atoms with Gasteiger partial charge in [-0.05, 0) is 26.3 Å². The second-order valence-electron chi connectivity index (χ2n) is 3.61. The fraction of sp³-hybridized carbons (Fsp3) is 0.636. The van der Waals surface area contributed by atoms with Crippen LogP contribution in [0.15, 0.2) is 25.0 Å². The van der Waals surface area contributed by atoms with Gasteiger partial charge in [-0.3, -0.25) is 4.90 Å². The summed E-state index contributed by atoms with van der Waals surface area (Å²) in [6.07, 6.45) is 5.42. The molecule has 1 saturated heterocycles. The predicted molar refractivity (Wildman–Crippen MR) is 55.5 cm³/mol. The van der Waals surface area contributed by atoms with Gasteiger partial charge in [0.1, 0.15) is 5.76 Å². The van der Waals surface area contributed by atoms with Crippen molar-refractivity contribution in [3.8, 4) is 0 Å². The maximum atomic E-state index is 5.17. The van der Waals surface area contributed by atoms with Gasteiger partial charge in [0.05, 0.1) is 13.2 Å². The third-order valence-corrected chi connectivity index (χ3v) is 2.91. The fourth-order valence-corrected chi connectivity index (χ4v) is 2.01. The molecule has 0 amide bonds. The molecule has 1 aliphatic rings. The van der Waals surface area contributed by atoms with Crippen molar-refractivity contribution in [2.75, 3.05) is 14.2 Å². The number of rotatable bonds is 4. The van der Waals surface area contributed by atoms with Gasteiger partial charge < -0.3 is 4.74 Å². The van der Waals surface area contributed by atoms with Gasteiger partial charge in [-0.1, -0.05) is 12.7 Å². The maximum Gasteiger partial charge on any atom is 0.105 e. The van der Waals surface area contributed by atoms with Gasteiger partial charge >= 0.3 is 0 Å². The van der Waals surface area contributed by atoms with Gasteiger partial charge in [0, 0.05) is 6.04 Å². The van der Waals surface area contributed by atoms with Gasteiger partial charge in [-0.15, -0.1) is 6.58 Å². The second kappa shape index (κ2) is 4.47. The maximum absolute atomic E-state index is 5.17. The van der Waals surface area contributed by atoms with Crippen molar-refractivity contribution in [1.82, 2.24) is 4.90 Å². The molecule has 0 radical (unpaired) electrons. The Morgan fingerprint density at radius 1 is 1.62 bits per heavy atom. The van der Waals surface area contributed by atoms with Crippen molar-refractivity contribution in [3.63, 3.8) is 0 Å². The van der Waals surface area contributed by atoms with E-state index < -0.39 is 0 Å². The Morgan fingerprint density at radius 2 is 2.31 bits per heavy atom. The standard InChI is InChI=1S/C11H19NO/c1-5-6-10-7-8-11(12(10)3)9(2)13-4/h5,10-11H,1-2,6-8H2,3-4H3/t10-,11-/m1/s1. The van der Waals surface area contributed by atoms with Crippen molar-refractivity contribution in [2.45, 2.75) is 31.3 Å². The van der Waals surface area contributed by atoms with E-state index in [1.54, 1.807) is 7.11 Å². The molecule has 74 valence electrons. The van der Waals surface area contributed by atoms with Gasteiger partial charge in [0.25, 0.3) is 0 Å². The normalized spacial score (nSPS) is 28.8. The van der Waals surface area contributed by atoms with Crippen LogP contribution in [-0.4, -0.2) is 31.1 Å². The quantitative estimate of drug-likeness (QED) is 0.487. The first-order chi connectivity index (χ1) is 6.20. The van der Waals surface area contributed by atoms with E-state index in [-0.39, 0.29) is 0 Å². The molecule has 1 rings (SSSR count). The Morgan fingerprint density at radius 3 is 2.85 bits per heavy atom. The van der Waals surface area contributed by atoms with E-state index in [4.69, 9.17) is 4.74 Å². The number of ether oxygens (including phenoxy) is 1. The van der Waals surface area contributed by atoms with Gasteiger partial charge in [-0.2, -0.15) is 0 Å². The van der Waals surface area contributed by atoms with Crippen LogP contribution in [0.25, 0.3) is 0 Å². The van der Waals surface area contributed by atoms with E-state index in [0.29, 0.717) is 12.1 Å². The SMILES string of the molecule is C=CC[C@@H]1CC[C@H](C(=C)OC)N1C. The van der Waals surface area contributed by atoms with Crippen LogP contribution in [0, 0.1) is 0 Å². The molecule has 0 aliphatic carbocycles. The first-order valence-electron chi connectivity index (χ1n) is 4.76. The lowest BCUT2D eigenvalue weighted by molar-refractivity contribution is 0.182. The number of nitrogens with zero attached hydrogens (tertiary/aromatic N) is 1. The number of likely N-dealkylation sites (N-methyl/N-ethyl adjacent to an activating group) is 1. The molecule has 2 heteroatoms. The molecule has 0 bridgehead atoms. The largest absolute Gasteiger partial charge is 0.500 e. The van der Waals surface area contributed by atoms with E-state index in [1.807, 2.05) is 6.08 Å². The molecule has 0 spiro atoms. The molecule has 1 heterocycles. The minimum Gasteiger partial charge on any atom is -0.500 e. The molecule has 0 aromatic heterocycles. The first-order valence-corrected chi connectivity index (χ1v) is 4.76. The summed E-state index contributed by atoms with van der Waals surface area (Å²) in [7, 11) is 3.83. The highest BCUT2D eigenvalue weighted by molar-refractivity contribution is 5.03. The molecule has 0 N–H and O–H groups in total. The van der Waals surface area contributed by atoms with E-state index in [1.165, 1.54) is 6.42 Å². The monoisotopic (exact) mass is 181 g/mol. The van der Waals surface area contributed by atoms with Crippen LogP contribution in [0.5, 0.6) is 0 Å². The highest BCUT2D eigenvalue weighted by Crippen LogP contribution is 2.28. The van der Waals surface area contributed by atoms with Crippen LogP contribution >= 0.6 is 0 Å². The van der Waals surface area contributed by atoms with E-state index in [2.05, 4.69) is 25.1 Å². The zero-order valence-electron chi connectivity index (χ0n) is 8.62. The Bertz CT molecular complexity index is 200. The lowest BCUT2D eigenvalue weighted by Crippen LogP contribution is -2.33. The average Bonchev–Trinajstić information content (AvgIpc) is 2.48. The summed E-state index contributed by atoms with van der Waals surface area (Å²) >= 11 is 0. The van der Waals surface area contributed by atoms with Gasteiger partial charge in [-0.25, -0.2) is 0 Å². The van der Waals surface area contributed by atoms with E-state index in [0.717, 1.165) is 18.6 Å². The summed E-state index contributed by atoms with van der Waals surface area (Å²) in [6.45, 7) is 7.68. The van der Waals surface area contributed by atoms with Crippen LogP contribution in [0.4, 0.5) is 0 Å². The van der Waals surface area contributed by atoms with Gasteiger partial charge in [0.15, 0.2) is 0 Å². The molecule has 2 nitrogen and oxygen atoms in total. The van der Waals surface area contributed by atoms with Crippen molar-refractivity contribution < 1.29 is 4.74 Å². The topological polar surface area (TPSA) is 12.5 Å². The van der Waals surface area contributed by atoms with Crippen LogP contribution in [0.3, 0.4) is 0 Å². The van der Waals surface area contributed by atoms with Crippen LogP contribution in [-0.2, 0) is 4.74 Å². The number of methoxy groups -OCH3 is 1. The van der Waals surface area contributed by atoms with Crippen LogP contribution in [0.2, 0.25) is 0 Å². The fourth-order valence-electron chi connectivity index (χ4n) is 2.01. The van der Waals surface area contributed by atoms with Crippen molar-refractivity contribution in [3.05, 3.63) is 25.0 Å². The van der Waals surface area contributed by atoms with E-state index >= 15 is 0 Å². The summed E-state index contributed by atoms with van der Waals surface area (Å²) < 4.78 is 5.17. The lowest BCUT2D eigenvalue weighted by atomic mass is 10.1. The summed E-state index contributed by atoms with van der Waals surface area (Å²) in [5.74, 6) is 0.883. The molecule has 0 unspecified atom stereocenters. The molecule has 2 atom stereocenters. The Balaban J connectivity index is 2.54. The Kier molecular flexibility index (Phi) is 3.55. The van der Waals surface area contributed by atoms with Crippen LogP contribution < -0.4 is 0 Å². The zero-order chi connectivity index (χ0) is 9.84. The summed E-state index contributed by atoms with van der Waals surface area (Å²) in [5, 5.41) is 0. The van der Waals surface area contributed by atoms with Crippen molar-refractivity contribution in [1.29, 1.82) is 0 Å². The Hall–Kier alpha value is -0.760. The predicted octanol–water partition coefficient (Wildman–Crippen LogP) is 2.19. The number of hydrogen-bond acceptors (Lipinski definition) is 2. The third-order valence-electron chi connectivity index (χ3n) is 2.91. The first kappa shape index (κ1) is 10.3. The van der Waals surface area contributed by atoms with Crippen molar-refractivity contribution in [2.24, 2.45) is 0 Å². The number of likely N-dealkylation sites (tertiary alicyclic amines) is 1. The lowest BCUT2D eigenvalue weighted by Gasteiger charge is -2.25. The molecule has 1 fully saturated rings. The molecular formula is C11H19NO. The zero-order valence-corrected chi connectivity index (χ0v) is 8.62. The Labute approximate surface area is 80.9 Å². The summed E-state index contributed by atoms with van der Waals surface area (Å²) in [4.78, 5) is 2.34. The highest BCUT2D eigenvalue weighted by Gasteiger charge is 2.31. The minimum absolute atomic E-state index is 0.398. The van der Waals surface area contributed by atoms with Crippen LogP contribution in [0.1, 0.15) is 19.3 Å². The molecule has 0 saturated carbocycles. The summed E-state index contributed by atoms with van der Waals surface area (Å²) in [5.41, 5.74) is 0. The van der Waals surface area contributed by atoms with Gasteiger partial charge in [0.2, 0.25) is 0 Å². The third kappa shape index (κ3) is 2.13. The summed E-state index contributed by atoms with van der Waals surface area (Å²) in [6, 6.07) is 1.02. The second-order valence-corrected chi connectivity index (χ2v) is 3.61. The van der Waals surface area contributed by atoms with Crippen molar-refractivity contribution >= 4 is 0 Å². The molecule has 1 aliphatic heterocycles. The molecule has 0 aromatic carbocycles. The molecule has 13 heavy (non-hydrogen) atoms.